The molecule has 1 amide bonds. The maximum absolute atomic E-state index is 11.8. The molecule has 0 saturated carbocycles. The van der Waals surface area contributed by atoms with Crippen molar-refractivity contribution in [3.63, 3.8) is 0 Å². The van der Waals surface area contributed by atoms with Gasteiger partial charge in [0, 0.05) is 10.6 Å². The zero-order valence-corrected chi connectivity index (χ0v) is 13.0. The predicted molar refractivity (Wildman–Crippen MR) is 80.8 cm³/mol. The van der Waals surface area contributed by atoms with Crippen LogP contribution in [0, 0.1) is 3.57 Å². The Hall–Kier alpha value is -0.820. The number of hydrogen-bond acceptors (Lipinski definition) is 2. The van der Waals surface area contributed by atoms with E-state index in [4.69, 9.17) is 11.6 Å². The number of likely N-dealkylation sites (N-methyl/N-ethyl adjacent to an activating group) is 1. The van der Waals surface area contributed by atoms with Crippen molar-refractivity contribution in [3.05, 3.63) is 27.6 Å². The highest BCUT2D eigenvalue weighted by molar-refractivity contribution is 14.1. The third-order valence-corrected chi connectivity index (χ3v) is 3.77. The number of amides is 1. The molecule has 18 heavy (non-hydrogen) atoms. The summed E-state index contributed by atoms with van der Waals surface area (Å²) in [6, 6.07) is 5.63. The van der Waals surface area contributed by atoms with Crippen LogP contribution >= 0.6 is 34.2 Å². The molecule has 1 N–H and O–H groups in total. The summed E-state index contributed by atoms with van der Waals surface area (Å²) < 4.78 is 3.00. The van der Waals surface area contributed by atoms with Gasteiger partial charge in [0.15, 0.2) is 0 Å². The van der Waals surface area contributed by atoms with Crippen molar-refractivity contribution >= 4 is 51.1 Å². The third-order valence-electron chi connectivity index (χ3n) is 2.86. The molecular weight excluding hydrogens is 365 g/mol. The van der Waals surface area contributed by atoms with E-state index in [9.17, 15) is 4.79 Å². The number of carbonyl (C=O) groups is 1. The van der Waals surface area contributed by atoms with Crippen LogP contribution in [-0.2, 0) is 10.7 Å². The lowest BCUT2D eigenvalue weighted by atomic mass is 10.2. The van der Waals surface area contributed by atoms with Crippen LogP contribution in [0.5, 0.6) is 0 Å². The van der Waals surface area contributed by atoms with Gasteiger partial charge in [0.2, 0.25) is 5.91 Å². The van der Waals surface area contributed by atoms with Crippen LogP contribution in [0.2, 0.25) is 0 Å². The smallest absolute Gasteiger partial charge is 0.242 e. The van der Waals surface area contributed by atoms with Gasteiger partial charge in [-0.3, -0.25) is 4.79 Å². The Labute approximate surface area is 124 Å². The minimum atomic E-state index is -0.325. The number of imidazole rings is 1. The number of benzene rings is 1. The van der Waals surface area contributed by atoms with Crippen LogP contribution in [-0.4, -0.2) is 22.5 Å². The molecule has 1 aromatic carbocycles. The Balaban J connectivity index is 2.63. The first-order valence-corrected chi connectivity index (χ1v) is 7.13. The van der Waals surface area contributed by atoms with Crippen molar-refractivity contribution < 1.29 is 4.79 Å². The topological polar surface area (TPSA) is 46.9 Å². The van der Waals surface area contributed by atoms with E-state index in [1.165, 1.54) is 0 Å². The summed E-state index contributed by atoms with van der Waals surface area (Å²) in [6.07, 6.45) is 0. The molecule has 2 rings (SSSR count). The fraction of sp³-hybridized carbons (Fsp3) is 0.333. The van der Waals surface area contributed by atoms with Crippen molar-refractivity contribution in [1.82, 2.24) is 14.9 Å². The molecule has 1 atom stereocenters. The van der Waals surface area contributed by atoms with Gasteiger partial charge in [-0.05, 0) is 47.7 Å². The fourth-order valence-corrected chi connectivity index (χ4v) is 2.64. The number of nitrogens with one attached hydrogen (secondary N) is 1. The van der Waals surface area contributed by atoms with Gasteiger partial charge in [-0.15, -0.1) is 11.6 Å². The molecule has 1 unspecified atom stereocenters. The highest BCUT2D eigenvalue weighted by atomic mass is 127. The third kappa shape index (κ3) is 2.33. The van der Waals surface area contributed by atoms with Gasteiger partial charge < -0.3 is 9.88 Å². The van der Waals surface area contributed by atoms with Gasteiger partial charge in [-0.2, -0.15) is 0 Å². The highest BCUT2D eigenvalue weighted by Gasteiger charge is 2.20. The Kier molecular flexibility index (Phi) is 4.11. The summed E-state index contributed by atoms with van der Waals surface area (Å²) in [5, 5.41) is 2.65. The molecule has 0 aliphatic heterocycles. The summed E-state index contributed by atoms with van der Waals surface area (Å²) in [4.78, 5) is 16.3. The van der Waals surface area contributed by atoms with E-state index >= 15 is 0 Å². The predicted octanol–water partition coefficient (Wildman–Crippen LogP) is 2.69. The summed E-state index contributed by atoms with van der Waals surface area (Å²) in [6.45, 7) is 1.84. The van der Waals surface area contributed by atoms with E-state index in [0.29, 0.717) is 5.82 Å². The van der Waals surface area contributed by atoms with Crippen LogP contribution in [0.1, 0.15) is 18.8 Å². The minimum Gasteiger partial charge on any atom is -0.357 e. The second kappa shape index (κ2) is 5.44. The zero-order chi connectivity index (χ0) is 13.3. The molecule has 0 fully saturated rings. The quantitative estimate of drug-likeness (QED) is 0.660. The second-order valence-electron chi connectivity index (χ2n) is 3.95. The number of carbonyl (C=O) groups excluding carboxylic acids is 1. The van der Waals surface area contributed by atoms with Crippen LogP contribution < -0.4 is 5.32 Å². The molecular formula is C12H13ClIN3O. The molecule has 96 valence electrons. The Morgan fingerprint density at radius 1 is 1.61 bits per heavy atom. The molecule has 1 aromatic heterocycles. The average Bonchev–Trinajstić information content (AvgIpc) is 2.74. The van der Waals surface area contributed by atoms with E-state index in [1.807, 2.05) is 29.7 Å². The molecule has 2 aromatic rings. The lowest BCUT2D eigenvalue weighted by molar-refractivity contribution is -0.123. The summed E-state index contributed by atoms with van der Waals surface area (Å²) in [5.41, 5.74) is 1.80. The Morgan fingerprint density at radius 2 is 2.33 bits per heavy atom. The van der Waals surface area contributed by atoms with Gasteiger partial charge in [0.1, 0.15) is 11.9 Å². The number of hydrogen-bond donors (Lipinski definition) is 1. The largest absolute Gasteiger partial charge is 0.357 e. The SMILES string of the molecule is CNC(=O)C(C)n1c(CCl)nc2cc(I)ccc21. The van der Waals surface area contributed by atoms with Crippen molar-refractivity contribution in [3.8, 4) is 0 Å². The molecule has 0 spiro atoms. The zero-order valence-electron chi connectivity index (χ0n) is 10.1. The average molecular weight is 378 g/mol. The second-order valence-corrected chi connectivity index (χ2v) is 5.47. The number of nitrogens with zero attached hydrogens (tertiary/aromatic N) is 2. The first kappa shape index (κ1) is 13.6. The monoisotopic (exact) mass is 377 g/mol. The molecule has 0 aliphatic rings. The molecule has 0 bridgehead atoms. The maximum Gasteiger partial charge on any atom is 0.242 e. The maximum atomic E-state index is 11.8. The Bertz CT molecular complexity index is 596. The number of fused-ring (bicyclic) bond motifs is 1. The summed E-state index contributed by atoms with van der Waals surface area (Å²) in [7, 11) is 1.63. The molecule has 1 heterocycles. The molecule has 4 nitrogen and oxygen atoms in total. The number of rotatable bonds is 3. The minimum absolute atomic E-state index is 0.0563. The van der Waals surface area contributed by atoms with Crippen LogP contribution in [0.15, 0.2) is 18.2 Å². The van der Waals surface area contributed by atoms with Crippen molar-refractivity contribution in [2.45, 2.75) is 18.8 Å². The van der Waals surface area contributed by atoms with Crippen molar-refractivity contribution in [1.29, 1.82) is 0 Å². The molecule has 0 saturated heterocycles. The van der Waals surface area contributed by atoms with Crippen molar-refractivity contribution in [2.24, 2.45) is 0 Å². The normalized spacial score (nSPS) is 12.7. The number of halogens is 2. The lowest BCUT2D eigenvalue weighted by Gasteiger charge is -2.15. The van der Waals surface area contributed by atoms with E-state index in [-0.39, 0.29) is 17.8 Å². The van der Waals surface area contributed by atoms with Gasteiger partial charge in [-0.1, -0.05) is 0 Å². The summed E-state index contributed by atoms with van der Waals surface area (Å²) >= 11 is 8.16. The van der Waals surface area contributed by atoms with Gasteiger partial charge in [0.25, 0.3) is 0 Å². The number of aromatic nitrogens is 2. The lowest BCUT2D eigenvalue weighted by Crippen LogP contribution is -2.28. The van der Waals surface area contributed by atoms with Crippen LogP contribution in [0.4, 0.5) is 0 Å². The van der Waals surface area contributed by atoms with Crippen LogP contribution in [0.3, 0.4) is 0 Å². The van der Waals surface area contributed by atoms with E-state index in [0.717, 1.165) is 14.6 Å². The summed E-state index contributed by atoms with van der Waals surface area (Å²) in [5.74, 6) is 0.941. The van der Waals surface area contributed by atoms with E-state index in [2.05, 4.69) is 32.9 Å². The van der Waals surface area contributed by atoms with Gasteiger partial charge in [-0.25, -0.2) is 4.98 Å². The standard InChI is InChI=1S/C12H13ClIN3O/c1-7(12(18)15-2)17-10-4-3-8(14)5-9(10)16-11(17)6-13/h3-5,7H,6H2,1-2H3,(H,15,18). The Morgan fingerprint density at radius 3 is 2.94 bits per heavy atom. The van der Waals surface area contributed by atoms with Gasteiger partial charge in [0.05, 0.1) is 16.9 Å². The van der Waals surface area contributed by atoms with Crippen LogP contribution in [0.25, 0.3) is 11.0 Å². The van der Waals surface area contributed by atoms with Gasteiger partial charge >= 0.3 is 0 Å². The molecule has 6 heteroatoms. The first-order chi connectivity index (χ1) is 8.58. The van der Waals surface area contributed by atoms with E-state index in [1.54, 1.807) is 7.05 Å². The first-order valence-electron chi connectivity index (χ1n) is 5.52. The molecule has 0 aliphatic carbocycles. The van der Waals surface area contributed by atoms with Crippen molar-refractivity contribution in [2.75, 3.05) is 7.05 Å². The highest BCUT2D eigenvalue weighted by Crippen LogP contribution is 2.24. The number of alkyl halides is 1. The fourth-order valence-electron chi connectivity index (χ4n) is 1.97. The molecule has 0 radical (unpaired) electrons. The van der Waals surface area contributed by atoms with E-state index < -0.39 is 0 Å².